The summed E-state index contributed by atoms with van der Waals surface area (Å²) < 4.78 is 34.6. The number of carboxylic acids is 1. The van der Waals surface area contributed by atoms with Gasteiger partial charge in [0.25, 0.3) is 5.91 Å². The van der Waals surface area contributed by atoms with Crippen molar-refractivity contribution in [2.45, 2.75) is 44.3 Å². The second-order valence-corrected chi connectivity index (χ2v) is 9.88. The molecule has 3 rings (SSSR count). The largest absolute Gasteiger partial charge is 0.478 e. The van der Waals surface area contributed by atoms with E-state index in [-0.39, 0.29) is 23.2 Å². The molecule has 0 bridgehead atoms. The van der Waals surface area contributed by atoms with Gasteiger partial charge in [-0.3, -0.25) is 14.0 Å². The summed E-state index contributed by atoms with van der Waals surface area (Å²) in [6.07, 6.45) is -0.386. The maximum atomic E-state index is 13.0. The molecule has 186 valence electrons. The standard InChI is InChI=1S/C16H22N8O8S2/c1-16(2,14(27)28)32-22-10(7-6-33-15(18)19-7)12(25)20-11-8(5-23-4-3-9(17)21-23)24(13(11)26)34(29,30)31/h3-4,6,8,11,13,26H,5H2,1-2H3,(H2,17,21)(H2,18,19)(H,20,25)(H,27,28)(H,29,30,31)/b22-10-/t8-,11+,13?/m1/s1. The van der Waals surface area contributed by atoms with Crippen molar-refractivity contribution in [2.24, 2.45) is 5.16 Å². The van der Waals surface area contributed by atoms with E-state index in [4.69, 9.17) is 16.3 Å². The molecule has 0 aromatic carbocycles. The number of anilines is 2. The number of hydrogen-bond acceptors (Lipinski definition) is 12. The summed E-state index contributed by atoms with van der Waals surface area (Å²) in [6.45, 7) is 2.22. The number of nitrogen functional groups attached to an aromatic ring is 2. The predicted octanol–water partition coefficient (Wildman–Crippen LogP) is -1.92. The third kappa shape index (κ3) is 5.25. The molecular weight excluding hydrogens is 496 g/mol. The van der Waals surface area contributed by atoms with E-state index in [0.717, 1.165) is 11.3 Å². The molecule has 2 aromatic heterocycles. The number of rotatable bonds is 9. The van der Waals surface area contributed by atoms with Crippen molar-refractivity contribution in [2.75, 3.05) is 11.5 Å². The van der Waals surface area contributed by atoms with E-state index < -0.39 is 51.8 Å². The lowest BCUT2D eigenvalue weighted by atomic mass is 9.97. The van der Waals surface area contributed by atoms with Gasteiger partial charge in [-0.1, -0.05) is 5.16 Å². The first-order valence-electron chi connectivity index (χ1n) is 9.45. The van der Waals surface area contributed by atoms with Gasteiger partial charge in [0.1, 0.15) is 17.7 Å². The van der Waals surface area contributed by atoms with Crippen LogP contribution in [0, 0.1) is 0 Å². The second-order valence-electron chi connectivity index (χ2n) is 7.67. The Labute approximate surface area is 196 Å². The number of thiazole rings is 1. The van der Waals surface area contributed by atoms with E-state index in [1.807, 2.05) is 0 Å². The van der Waals surface area contributed by atoms with Gasteiger partial charge in [0.15, 0.2) is 10.8 Å². The van der Waals surface area contributed by atoms with Gasteiger partial charge in [0, 0.05) is 11.6 Å². The molecular formula is C16H22N8O8S2. The van der Waals surface area contributed by atoms with E-state index in [1.165, 1.54) is 36.2 Å². The molecule has 0 saturated carbocycles. The molecule has 1 amide bonds. The van der Waals surface area contributed by atoms with Crippen molar-refractivity contribution in [1.29, 1.82) is 0 Å². The Kier molecular flexibility index (Phi) is 6.80. The van der Waals surface area contributed by atoms with Crippen LogP contribution in [0.25, 0.3) is 0 Å². The molecule has 18 heteroatoms. The van der Waals surface area contributed by atoms with Gasteiger partial charge in [0.2, 0.25) is 5.60 Å². The van der Waals surface area contributed by atoms with Gasteiger partial charge < -0.3 is 31.8 Å². The number of nitrogens with zero attached hydrogens (tertiary/aromatic N) is 5. The smallest absolute Gasteiger partial charge is 0.350 e. The Bertz CT molecular complexity index is 1220. The lowest BCUT2D eigenvalue weighted by molar-refractivity contribution is -0.161. The van der Waals surface area contributed by atoms with E-state index in [0.29, 0.717) is 4.31 Å². The summed E-state index contributed by atoms with van der Waals surface area (Å²) in [6, 6.07) is -0.945. The van der Waals surface area contributed by atoms with E-state index in [1.54, 1.807) is 0 Å². The highest BCUT2D eigenvalue weighted by molar-refractivity contribution is 7.83. The fourth-order valence-corrected chi connectivity index (χ4v) is 4.46. The molecule has 34 heavy (non-hydrogen) atoms. The van der Waals surface area contributed by atoms with Crippen LogP contribution < -0.4 is 16.8 Å². The van der Waals surface area contributed by atoms with Gasteiger partial charge in [-0.05, 0) is 19.9 Å². The fourth-order valence-electron chi connectivity index (χ4n) is 2.97. The van der Waals surface area contributed by atoms with E-state index in [2.05, 4.69) is 20.6 Å². The Morgan fingerprint density at radius 3 is 2.56 bits per heavy atom. The van der Waals surface area contributed by atoms with E-state index in [9.17, 15) is 32.8 Å². The number of aromatic nitrogens is 3. The topological polar surface area (TPSA) is 249 Å². The number of nitrogens with two attached hydrogens (primary N) is 2. The molecule has 1 saturated heterocycles. The van der Waals surface area contributed by atoms with Crippen molar-refractivity contribution in [1.82, 2.24) is 24.4 Å². The zero-order valence-corrected chi connectivity index (χ0v) is 19.4. The maximum Gasteiger partial charge on any atom is 0.350 e. The van der Waals surface area contributed by atoms with Crippen LogP contribution in [0.3, 0.4) is 0 Å². The zero-order chi connectivity index (χ0) is 25.4. The number of oxime groups is 1. The van der Waals surface area contributed by atoms with Crippen LogP contribution >= 0.6 is 11.3 Å². The Morgan fingerprint density at radius 2 is 2.06 bits per heavy atom. The first kappa shape index (κ1) is 25.3. The lowest BCUT2D eigenvalue weighted by Gasteiger charge is -2.49. The third-order valence-corrected chi connectivity index (χ3v) is 6.48. The number of carboxylic acid groups (broad SMARTS) is 1. The monoisotopic (exact) mass is 518 g/mol. The molecule has 0 radical (unpaired) electrons. The summed E-state index contributed by atoms with van der Waals surface area (Å²) in [5.41, 5.74) is 8.85. The number of aliphatic hydroxyl groups is 1. The molecule has 3 atom stereocenters. The van der Waals surface area contributed by atoms with Crippen LogP contribution in [0.2, 0.25) is 0 Å². The first-order chi connectivity index (χ1) is 15.7. The van der Waals surface area contributed by atoms with Crippen molar-refractivity contribution in [3.8, 4) is 0 Å². The molecule has 1 aliphatic heterocycles. The van der Waals surface area contributed by atoms with Crippen LogP contribution in [0.5, 0.6) is 0 Å². The van der Waals surface area contributed by atoms with Crippen molar-refractivity contribution in [3.05, 3.63) is 23.3 Å². The fraction of sp³-hybridized carbons (Fsp3) is 0.438. The number of carbonyl (C=O) groups excluding carboxylic acids is 1. The number of amides is 1. The van der Waals surface area contributed by atoms with Crippen LogP contribution in [0.1, 0.15) is 19.5 Å². The lowest BCUT2D eigenvalue weighted by Crippen LogP contribution is -2.75. The molecule has 3 heterocycles. The summed E-state index contributed by atoms with van der Waals surface area (Å²) in [5, 5.41) is 31.0. The summed E-state index contributed by atoms with van der Waals surface area (Å²) in [5.74, 6) is -2.19. The van der Waals surface area contributed by atoms with Gasteiger partial charge in [0.05, 0.1) is 18.6 Å². The normalized spacial score (nSPS) is 21.6. The highest BCUT2D eigenvalue weighted by Gasteiger charge is 2.55. The summed E-state index contributed by atoms with van der Waals surface area (Å²) in [4.78, 5) is 33.3. The van der Waals surface area contributed by atoms with E-state index >= 15 is 0 Å². The number of nitrogens with one attached hydrogen (secondary N) is 1. The van der Waals surface area contributed by atoms with Crippen LogP contribution in [0.4, 0.5) is 10.9 Å². The SMILES string of the molecule is CC(C)(O/N=C(\C(=O)N[C@@H]1C(O)N(S(=O)(=O)O)[C@@H]1Cn1ccc(N)n1)c1csc(N)n1)C(=O)O. The van der Waals surface area contributed by atoms with Gasteiger partial charge in [-0.15, -0.1) is 15.6 Å². The minimum atomic E-state index is -4.84. The molecule has 2 aromatic rings. The Morgan fingerprint density at radius 1 is 1.38 bits per heavy atom. The predicted molar refractivity (Wildman–Crippen MR) is 118 cm³/mol. The Balaban J connectivity index is 1.88. The van der Waals surface area contributed by atoms with Crippen LogP contribution in [0.15, 0.2) is 22.8 Å². The molecule has 0 aliphatic carbocycles. The average molecular weight is 519 g/mol. The highest BCUT2D eigenvalue weighted by Crippen LogP contribution is 2.29. The van der Waals surface area contributed by atoms with Crippen LogP contribution in [-0.2, 0) is 31.3 Å². The summed E-state index contributed by atoms with van der Waals surface area (Å²) in [7, 11) is -4.84. The molecule has 16 nitrogen and oxygen atoms in total. The maximum absolute atomic E-state index is 13.0. The second kappa shape index (κ2) is 9.14. The number of hydrogen-bond donors (Lipinski definition) is 6. The van der Waals surface area contributed by atoms with Crippen molar-refractivity contribution < 1.29 is 37.6 Å². The molecule has 0 spiro atoms. The molecule has 1 unspecified atom stereocenters. The average Bonchev–Trinajstić information content (AvgIpc) is 3.32. The highest BCUT2D eigenvalue weighted by atomic mass is 32.2. The number of aliphatic carboxylic acids is 1. The molecule has 8 N–H and O–H groups in total. The first-order valence-corrected chi connectivity index (χ1v) is 11.7. The van der Waals surface area contributed by atoms with Crippen molar-refractivity contribution >= 4 is 50.2 Å². The van der Waals surface area contributed by atoms with Gasteiger partial charge in [-0.2, -0.15) is 13.5 Å². The van der Waals surface area contributed by atoms with Gasteiger partial charge in [-0.25, -0.2) is 9.78 Å². The van der Waals surface area contributed by atoms with Crippen molar-refractivity contribution in [3.63, 3.8) is 0 Å². The molecule has 1 aliphatic rings. The Hall–Kier alpha value is -3.32. The molecule has 1 fully saturated rings. The number of aliphatic hydroxyl groups excluding tert-OH is 1. The summed E-state index contributed by atoms with van der Waals surface area (Å²) >= 11 is 0.978. The quantitative estimate of drug-likeness (QED) is 0.121. The van der Waals surface area contributed by atoms with Gasteiger partial charge >= 0.3 is 16.3 Å². The third-order valence-electron chi connectivity index (χ3n) is 4.78. The number of carbonyl (C=O) groups is 2. The minimum Gasteiger partial charge on any atom is -0.478 e. The van der Waals surface area contributed by atoms with Crippen LogP contribution in [-0.4, -0.2) is 83.8 Å². The minimum absolute atomic E-state index is 0.0435. The zero-order valence-electron chi connectivity index (χ0n) is 17.8.